The van der Waals surface area contributed by atoms with Gasteiger partial charge < -0.3 is 4.52 Å². The molecule has 1 aliphatic heterocycles. The van der Waals surface area contributed by atoms with E-state index in [0.717, 1.165) is 36.3 Å². The summed E-state index contributed by atoms with van der Waals surface area (Å²) in [5.41, 5.74) is 4.08. The van der Waals surface area contributed by atoms with Gasteiger partial charge in [-0.1, -0.05) is 28.9 Å². The van der Waals surface area contributed by atoms with Gasteiger partial charge >= 0.3 is 0 Å². The molecule has 0 N–H and O–H groups in total. The highest BCUT2D eigenvalue weighted by Crippen LogP contribution is 2.25. The number of fused-ring (bicyclic) bond motifs is 1. The van der Waals surface area contributed by atoms with Crippen molar-refractivity contribution in [2.45, 2.75) is 19.5 Å². The van der Waals surface area contributed by atoms with Crippen LogP contribution < -0.4 is 0 Å². The number of nitrogens with zero attached hydrogens (tertiary/aromatic N) is 4. The topological polar surface area (TPSA) is 55.1 Å². The van der Waals surface area contributed by atoms with E-state index < -0.39 is 0 Å². The van der Waals surface area contributed by atoms with Gasteiger partial charge in [-0.2, -0.15) is 0 Å². The summed E-state index contributed by atoms with van der Waals surface area (Å²) in [5, 5.41) is 4.73. The molecule has 5 rings (SSSR count). The zero-order valence-electron chi connectivity index (χ0n) is 16.1. The number of aromatic nitrogens is 3. The van der Waals surface area contributed by atoms with Gasteiger partial charge in [0, 0.05) is 53.5 Å². The summed E-state index contributed by atoms with van der Waals surface area (Å²) in [6.07, 6.45) is 2.72. The molecule has 150 valence electrons. The SMILES string of the molecule is Fc1ccccc1-c1cc(CN2CCc3nc(-c4ccc(Cl)cc4)ncc3C2)on1. The van der Waals surface area contributed by atoms with Crippen molar-refractivity contribution < 1.29 is 8.91 Å². The second-order valence-electron chi connectivity index (χ2n) is 7.29. The number of hydrogen-bond donors (Lipinski definition) is 0. The standard InChI is InChI=1S/C23H18ClFN4O/c24-17-7-5-15(6-8-17)23-26-12-16-13-29(10-9-21(16)27-23)14-18-11-22(28-30-18)19-3-1-2-4-20(19)25/h1-8,11-12H,9-10,13-14H2. The van der Waals surface area contributed by atoms with E-state index in [1.165, 1.54) is 6.07 Å². The summed E-state index contributed by atoms with van der Waals surface area (Å²) in [7, 11) is 0. The Morgan fingerprint density at radius 3 is 2.77 bits per heavy atom. The molecule has 5 nitrogen and oxygen atoms in total. The van der Waals surface area contributed by atoms with Crippen molar-refractivity contribution in [2.24, 2.45) is 0 Å². The summed E-state index contributed by atoms with van der Waals surface area (Å²) >= 11 is 5.96. The van der Waals surface area contributed by atoms with Crippen molar-refractivity contribution in [3.63, 3.8) is 0 Å². The minimum absolute atomic E-state index is 0.308. The van der Waals surface area contributed by atoms with Crippen molar-refractivity contribution in [3.8, 4) is 22.6 Å². The maximum Gasteiger partial charge on any atom is 0.159 e. The maximum absolute atomic E-state index is 14.0. The monoisotopic (exact) mass is 420 g/mol. The Bertz CT molecular complexity index is 1190. The largest absolute Gasteiger partial charge is 0.359 e. The molecule has 30 heavy (non-hydrogen) atoms. The summed E-state index contributed by atoms with van der Waals surface area (Å²) in [6, 6.07) is 15.9. The van der Waals surface area contributed by atoms with Gasteiger partial charge in [-0.05, 0) is 36.4 Å². The fourth-order valence-corrected chi connectivity index (χ4v) is 3.78. The van der Waals surface area contributed by atoms with Crippen LogP contribution in [0.2, 0.25) is 5.02 Å². The van der Waals surface area contributed by atoms with Crippen LogP contribution in [0, 0.1) is 5.82 Å². The summed E-state index contributed by atoms with van der Waals surface area (Å²) < 4.78 is 19.4. The average Bonchev–Trinajstić information content (AvgIpc) is 3.22. The number of hydrogen-bond acceptors (Lipinski definition) is 5. The summed E-state index contributed by atoms with van der Waals surface area (Å²) in [5.74, 6) is 1.11. The Morgan fingerprint density at radius 2 is 1.93 bits per heavy atom. The fourth-order valence-electron chi connectivity index (χ4n) is 3.65. The van der Waals surface area contributed by atoms with Gasteiger partial charge in [0.2, 0.25) is 0 Å². The number of halogens is 2. The van der Waals surface area contributed by atoms with E-state index in [2.05, 4.69) is 15.0 Å². The fraction of sp³-hybridized carbons (Fsp3) is 0.174. The second kappa shape index (κ2) is 7.97. The molecule has 3 heterocycles. The van der Waals surface area contributed by atoms with Crippen molar-refractivity contribution in [2.75, 3.05) is 6.54 Å². The Kier molecular flexibility index (Phi) is 5.02. The van der Waals surface area contributed by atoms with Gasteiger partial charge in [0.1, 0.15) is 11.5 Å². The van der Waals surface area contributed by atoms with E-state index in [1.54, 1.807) is 24.3 Å². The van der Waals surface area contributed by atoms with Crippen LogP contribution in [0.3, 0.4) is 0 Å². The molecule has 7 heteroatoms. The lowest BCUT2D eigenvalue weighted by Crippen LogP contribution is -2.30. The zero-order chi connectivity index (χ0) is 20.5. The molecule has 0 atom stereocenters. The lowest BCUT2D eigenvalue weighted by Gasteiger charge is -2.27. The first-order chi connectivity index (χ1) is 14.7. The minimum atomic E-state index is -0.308. The van der Waals surface area contributed by atoms with Crippen molar-refractivity contribution in [1.29, 1.82) is 0 Å². The van der Waals surface area contributed by atoms with Crippen LogP contribution in [0.25, 0.3) is 22.6 Å². The molecule has 0 fully saturated rings. The van der Waals surface area contributed by atoms with Gasteiger partial charge in [-0.15, -0.1) is 0 Å². The van der Waals surface area contributed by atoms with Gasteiger partial charge in [0.05, 0.1) is 12.2 Å². The van der Waals surface area contributed by atoms with Crippen molar-refractivity contribution >= 4 is 11.6 Å². The lowest BCUT2D eigenvalue weighted by atomic mass is 10.1. The minimum Gasteiger partial charge on any atom is -0.359 e. The van der Waals surface area contributed by atoms with Crippen LogP contribution in [0.1, 0.15) is 17.0 Å². The maximum atomic E-state index is 14.0. The normalized spacial score (nSPS) is 13.9. The first-order valence-corrected chi connectivity index (χ1v) is 10.1. The van der Waals surface area contributed by atoms with Crippen molar-refractivity contribution in [3.05, 3.63) is 88.7 Å². The van der Waals surface area contributed by atoms with E-state index in [9.17, 15) is 4.39 Å². The number of rotatable bonds is 4. The first kappa shape index (κ1) is 18.9. The van der Waals surface area contributed by atoms with E-state index in [4.69, 9.17) is 21.1 Å². The number of benzene rings is 2. The highest BCUT2D eigenvalue weighted by Gasteiger charge is 2.21. The molecule has 4 aromatic rings. The molecular formula is C23H18ClFN4O. The molecule has 0 aliphatic carbocycles. The van der Waals surface area contributed by atoms with E-state index >= 15 is 0 Å². The van der Waals surface area contributed by atoms with Gasteiger partial charge in [0.25, 0.3) is 0 Å². The molecule has 1 aliphatic rings. The molecule has 0 saturated heterocycles. The smallest absolute Gasteiger partial charge is 0.159 e. The van der Waals surface area contributed by atoms with E-state index in [-0.39, 0.29) is 5.82 Å². The molecular weight excluding hydrogens is 403 g/mol. The third-order valence-electron chi connectivity index (χ3n) is 5.20. The van der Waals surface area contributed by atoms with Crippen LogP contribution in [0.15, 0.2) is 65.3 Å². The van der Waals surface area contributed by atoms with Gasteiger partial charge in [0.15, 0.2) is 11.6 Å². The Hall–Kier alpha value is -3.09. The van der Waals surface area contributed by atoms with Gasteiger partial charge in [-0.25, -0.2) is 14.4 Å². The highest BCUT2D eigenvalue weighted by atomic mass is 35.5. The van der Waals surface area contributed by atoms with E-state index in [1.807, 2.05) is 30.5 Å². The first-order valence-electron chi connectivity index (χ1n) is 9.69. The molecule has 0 bridgehead atoms. The molecule has 0 saturated carbocycles. The Labute approximate surface area is 178 Å². The van der Waals surface area contributed by atoms with E-state index in [0.29, 0.717) is 34.4 Å². The van der Waals surface area contributed by atoms with Crippen LogP contribution in [0.4, 0.5) is 4.39 Å². The quantitative estimate of drug-likeness (QED) is 0.457. The van der Waals surface area contributed by atoms with Crippen LogP contribution >= 0.6 is 11.6 Å². The van der Waals surface area contributed by atoms with Crippen LogP contribution in [-0.4, -0.2) is 26.6 Å². The third-order valence-corrected chi connectivity index (χ3v) is 5.46. The molecule has 2 aromatic carbocycles. The Morgan fingerprint density at radius 1 is 1.10 bits per heavy atom. The van der Waals surface area contributed by atoms with Crippen LogP contribution in [-0.2, 0) is 19.5 Å². The van der Waals surface area contributed by atoms with Crippen LogP contribution in [0.5, 0.6) is 0 Å². The molecule has 0 radical (unpaired) electrons. The molecule has 0 spiro atoms. The summed E-state index contributed by atoms with van der Waals surface area (Å²) in [4.78, 5) is 11.5. The van der Waals surface area contributed by atoms with Gasteiger partial charge in [-0.3, -0.25) is 4.90 Å². The summed E-state index contributed by atoms with van der Waals surface area (Å²) in [6.45, 7) is 2.17. The predicted octanol–water partition coefficient (Wildman–Crippen LogP) is 5.15. The Balaban J connectivity index is 1.30. The zero-order valence-corrected chi connectivity index (χ0v) is 16.8. The molecule has 2 aromatic heterocycles. The lowest BCUT2D eigenvalue weighted by molar-refractivity contribution is 0.213. The molecule has 0 unspecified atom stereocenters. The predicted molar refractivity (Wildman–Crippen MR) is 112 cm³/mol. The average molecular weight is 421 g/mol. The van der Waals surface area contributed by atoms with Crippen molar-refractivity contribution in [1.82, 2.24) is 20.0 Å². The second-order valence-corrected chi connectivity index (χ2v) is 7.73. The third kappa shape index (κ3) is 3.84. The molecule has 0 amide bonds. The highest BCUT2D eigenvalue weighted by molar-refractivity contribution is 6.30.